The van der Waals surface area contributed by atoms with E-state index in [1.54, 1.807) is 0 Å². The maximum Gasteiger partial charge on any atom is 0.255 e. The van der Waals surface area contributed by atoms with Crippen LogP contribution in [0, 0.1) is 0 Å². The SMILES string of the molecule is O=C(NCc1ccccc1CN1CCCCC1)c1ccccc1OCc1ccccc1. The van der Waals surface area contributed by atoms with Gasteiger partial charge in [0, 0.05) is 13.1 Å². The van der Waals surface area contributed by atoms with Gasteiger partial charge in [-0.15, -0.1) is 0 Å². The van der Waals surface area contributed by atoms with Crippen molar-refractivity contribution in [3.63, 3.8) is 0 Å². The lowest BCUT2D eigenvalue weighted by Crippen LogP contribution is -2.30. The van der Waals surface area contributed by atoms with Gasteiger partial charge in [0.05, 0.1) is 5.56 Å². The molecule has 0 atom stereocenters. The highest BCUT2D eigenvalue weighted by Crippen LogP contribution is 2.20. The average molecular weight is 415 g/mol. The number of amides is 1. The van der Waals surface area contributed by atoms with Crippen molar-refractivity contribution in [2.45, 2.75) is 39.0 Å². The lowest BCUT2D eigenvalue weighted by atomic mass is 10.0. The van der Waals surface area contributed by atoms with Crippen LogP contribution in [-0.2, 0) is 19.7 Å². The fourth-order valence-corrected chi connectivity index (χ4v) is 4.03. The Morgan fingerprint density at radius 1 is 0.806 bits per heavy atom. The van der Waals surface area contributed by atoms with Crippen molar-refractivity contribution in [2.75, 3.05) is 13.1 Å². The van der Waals surface area contributed by atoms with Gasteiger partial charge in [0.1, 0.15) is 12.4 Å². The molecule has 1 fully saturated rings. The first-order valence-electron chi connectivity index (χ1n) is 11.1. The third kappa shape index (κ3) is 5.96. The van der Waals surface area contributed by atoms with E-state index in [-0.39, 0.29) is 5.91 Å². The number of benzene rings is 3. The minimum atomic E-state index is -0.114. The van der Waals surface area contributed by atoms with Crippen LogP contribution >= 0.6 is 0 Å². The number of nitrogens with zero attached hydrogens (tertiary/aromatic N) is 1. The average Bonchev–Trinajstić information content (AvgIpc) is 2.83. The smallest absolute Gasteiger partial charge is 0.255 e. The molecule has 160 valence electrons. The fourth-order valence-electron chi connectivity index (χ4n) is 4.03. The van der Waals surface area contributed by atoms with Crippen molar-refractivity contribution in [1.29, 1.82) is 0 Å². The molecule has 3 aromatic rings. The molecule has 0 spiro atoms. The molecule has 1 aliphatic rings. The predicted molar refractivity (Wildman–Crippen MR) is 124 cm³/mol. The third-order valence-electron chi connectivity index (χ3n) is 5.77. The molecule has 1 amide bonds. The second-order valence-electron chi connectivity index (χ2n) is 8.06. The van der Waals surface area contributed by atoms with E-state index in [1.165, 1.54) is 30.4 Å². The second kappa shape index (κ2) is 10.8. The molecule has 1 aliphatic heterocycles. The number of ether oxygens (including phenoxy) is 1. The molecule has 31 heavy (non-hydrogen) atoms. The second-order valence-corrected chi connectivity index (χ2v) is 8.06. The van der Waals surface area contributed by atoms with E-state index in [0.29, 0.717) is 24.5 Å². The molecular formula is C27H30N2O2. The third-order valence-corrected chi connectivity index (χ3v) is 5.77. The van der Waals surface area contributed by atoms with Crippen LogP contribution in [0.3, 0.4) is 0 Å². The number of rotatable bonds is 8. The number of hydrogen-bond donors (Lipinski definition) is 1. The van der Waals surface area contributed by atoms with Gasteiger partial charge in [0.2, 0.25) is 0 Å². The number of nitrogens with one attached hydrogen (secondary N) is 1. The number of carbonyl (C=O) groups is 1. The molecule has 0 unspecified atom stereocenters. The van der Waals surface area contributed by atoms with Crippen LogP contribution in [0.15, 0.2) is 78.9 Å². The molecule has 1 N–H and O–H groups in total. The summed E-state index contributed by atoms with van der Waals surface area (Å²) in [6.45, 7) is 4.21. The van der Waals surface area contributed by atoms with Crippen LogP contribution in [0.5, 0.6) is 5.75 Å². The minimum absolute atomic E-state index is 0.114. The Balaban J connectivity index is 1.39. The number of piperidine rings is 1. The summed E-state index contributed by atoms with van der Waals surface area (Å²) in [7, 11) is 0. The van der Waals surface area contributed by atoms with Crippen LogP contribution in [0.1, 0.15) is 46.3 Å². The Morgan fingerprint density at radius 2 is 1.48 bits per heavy atom. The number of likely N-dealkylation sites (tertiary alicyclic amines) is 1. The lowest BCUT2D eigenvalue weighted by molar-refractivity contribution is 0.0946. The standard InChI is InChI=1S/C27H30N2O2/c30-27(25-15-7-8-16-26(25)31-21-22-11-3-1-4-12-22)28-19-23-13-5-6-14-24(23)20-29-17-9-2-10-18-29/h1,3-8,11-16H,2,9-10,17-21H2,(H,28,30). The highest BCUT2D eigenvalue weighted by Gasteiger charge is 2.15. The van der Waals surface area contributed by atoms with E-state index in [9.17, 15) is 4.79 Å². The van der Waals surface area contributed by atoms with Gasteiger partial charge in [-0.25, -0.2) is 0 Å². The normalized spacial score (nSPS) is 14.2. The molecule has 0 aromatic heterocycles. The zero-order valence-electron chi connectivity index (χ0n) is 17.9. The maximum atomic E-state index is 12.9. The quantitative estimate of drug-likeness (QED) is 0.552. The van der Waals surface area contributed by atoms with E-state index >= 15 is 0 Å². The zero-order chi connectivity index (χ0) is 21.3. The van der Waals surface area contributed by atoms with Gasteiger partial charge >= 0.3 is 0 Å². The van der Waals surface area contributed by atoms with Crippen LogP contribution in [0.2, 0.25) is 0 Å². The van der Waals surface area contributed by atoms with Crippen molar-refractivity contribution in [3.05, 3.63) is 101 Å². The molecule has 4 heteroatoms. The molecule has 0 aliphatic carbocycles. The van der Waals surface area contributed by atoms with Crippen LogP contribution < -0.4 is 10.1 Å². The van der Waals surface area contributed by atoms with Gasteiger partial charge in [0.15, 0.2) is 0 Å². The summed E-state index contributed by atoms with van der Waals surface area (Å²) in [5.41, 5.74) is 4.10. The first-order valence-corrected chi connectivity index (χ1v) is 11.1. The highest BCUT2D eigenvalue weighted by atomic mass is 16.5. The first kappa shape index (κ1) is 21.1. The molecule has 1 heterocycles. The highest BCUT2D eigenvalue weighted by molar-refractivity contribution is 5.96. The Kier molecular flexibility index (Phi) is 7.35. The van der Waals surface area contributed by atoms with Gasteiger partial charge in [-0.3, -0.25) is 9.69 Å². The van der Waals surface area contributed by atoms with Gasteiger partial charge in [-0.2, -0.15) is 0 Å². The largest absolute Gasteiger partial charge is 0.488 e. The molecule has 0 bridgehead atoms. The van der Waals surface area contributed by atoms with Crippen LogP contribution in [-0.4, -0.2) is 23.9 Å². The maximum absolute atomic E-state index is 12.9. The van der Waals surface area contributed by atoms with E-state index < -0.39 is 0 Å². The number of carbonyl (C=O) groups excluding carboxylic acids is 1. The molecule has 4 rings (SSSR count). The monoisotopic (exact) mass is 414 g/mol. The lowest BCUT2D eigenvalue weighted by Gasteiger charge is -2.27. The number of para-hydroxylation sites is 1. The Bertz CT molecular complexity index is 981. The van der Waals surface area contributed by atoms with Crippen molar-refractivity contribution in [1.82, 2.24) is 10.2 Å². The Labute approximate surface area is 184 Å². The van der Waals surface area contributed by atoms with Crippen molar-refractivity contribution in [2.24, 2.45) is 0 Å². The molecule has 0 saturated carbocycles. The topological polar surface area (TPSA) is 41.6 Å². The molecule has 3 aromatic carbocycles. The van der Waals surface area contributed by atoms with E-state index in [1.807, 2.05) is 60.7 Å². The predicted octanol–water partition coefficient (Wildman–Crippen LogP) is 5.18. The summed E-state index contributed by atoms with van der Waals surface area (Å²) in [5, 5.41) is 3.09. The van der Waals surface area contributed by atoms with Crippen molar-refractivity contribution < 1.29 is 9.53 Å². The van der Waals surface area contributed by atoms with Crippen molar-refractivity contribution >= 4 is 5.91 Å². The summed E-state index contributed by atoms with van der Waals surface area (Å²) >= 11 is 0. The Hall–Kier alpha value is -3.11. The summed E-state index contributed by atoms with van der Waals surface area (Å²) < 4.78 is 5.95. The summed E-state index contributed by atoms with van der Waals surface area (Å²) in [4.78, 5) is 15.5. The van der Waals surface area contributed by atoms with E-state index in [0.717, 1.165) is 25.2 Å². The van der Waals surface area contributed by atoms with Crippen LogP contribution in [0.4, 0.5) is 0 Å². The summed E-state index contributed by atoms with van der Waals surface area (Å²) in [6.07, 6.45) is 3.89. The fraction of sp³-hybridized carbons (Fsp3) is 0.296. The first-order chi connectivity index (χ1) is 15.3. The van der Waals surface area contributed by atoms with Gasteiger partial charge in [-0.05, 0) is 54.8 Å². The molecule has 1 saturated heterocycles. The Morgan fingerprint density at radius 3 is 2.29 bits per heavy atom. The molecule has 0 radical (unpaired) electrons. The number of hydrogen-bond acceptors (Lipinski definition) is 3. The van der Waals surface area contributed by atoms with Gasteiger partial charge in [0.25, 0.3) is 5.91 Å². The minimum Gasteiger partial charge on any atom is -0.488 e. The summed E-state index contributed by atoms with van der Waals surface area (Å²) in [5.74, 6) is 0.488. The van der Waals surface area contributed by atoms with E-state index in [4.69, 9.17) is 4.74 Å². The summed E-state index contributed by atoms with van der Waals surface area (Å²) in [6, 6.07) is 25.8. The van der Waals surface area contributed by atoms with Gasteiger partial charge < -0.3 is 10.1 Å². The van der Waals surface area contributed by atoms with Crippen molar-refractivity contribution in [3.8, 4) is 5.75 Å². The van der Waals surface area contributed by atoms with Crippen LogP contribution in [0.25, 0.3) is 0 Å². The van der Waals surface area contributed by atoms with Gasteiger partial charge in [-0.1, -0.05) is 73.2 Å². The van der Waals surface area contributed by atoms with E-state index in [2.05, 4.69) is 28.4 Å². The molecule has 4 nitrogen and oxygen atoms in total. The zero-order valence-corrected chi connectivity index (χ0v) is 17.9. The molecular weight excluding hydrogens is 384 g/mol.